The maximum atomic E-state index is 12.9. The van der Waals surface area contributed by atoms with Gasteiger partial charge < -0.3 is 9.84 Å². The van der Waals surface area contributed by atoms with E-state index in [2.05, 4.69) is 6.58 Å². The third kappa shape index (κ3) is 6.85. The van der Waals surface area contributed by atoms with E-state index in [1.165, 1.54) is 23.5 Å². The molecule has 0 saturated carbocycles. The van der Waals surface area contributed by atoms with Gasteiger partial charge >= 0.3 is 12.1 Å². The molecule has 0 aliphatic heterocycles. The molecule has 3 aromatic rings. The Balaban J connectivity index is 1.77. The number of nitrogens with zero attached hydrogens (tertiary/aromatic N) is 1. The van der Waals surface area contributed by atoms with Gasteiger partial charge in [0.1, 0.15) is 10.8 Å². The Kier molecular flexibility index (Phi) is 8.20. The number of allylic oxidation sites excluding steroid dienone is 1. The number of carbonyl (C=O) groups is 1. The van der Waals surface area contributed by atoms with Crippen LogP contribution in [-0.4, -0.2) is 22.7 Å². The van der Waals surface area contributed by atoms with Crippen LogP contribution in [0.5, 0.6) is 5.75 Å². The molecule has 2 aromatic carbocycles. The second-order valence-corrected chi connectivity index (χ2v) is 9.32. The van der Waals surface area contributed by atoms with Gasteiger partial charge in [0.15, 0.2) is 6.61 Å². The van der Waals surface area contributed by atoms with Crippen molar-refractivity contribution in [2.45, 2.75) is 36.6 Å². The summed E-state index contributed by atoms with van der Waals surface area (Å²) in [6, 6.07) is 10.6. The van der Waals surface area contributed by atoms with E-state index in [4.69, 9.17) is 14.8 Å². The van der Waals surface area contributed by atoms with Crippen molar-refractivity contribution in [3.8, 4) is 16.3 Å². The lowest BCUT2D eigenvalue weighted by Gasteiger charge is -2.09. The Labute approximate surface area is 198 Å². The Morgan fingerprint density at radius 1 is 1.24 bits per heavy atom. The molecule has 1 N–H and O–H groups in total. The number of hydrogen-bond acceptors (Lipinski definition) is 5. The molecule has 0 spiro atoms. The predicted molar refractivity (Wildman–Crippen MR) is 125 cm³/mol. The highest BCUT2D eigenvalue weighted by molar-refractivity contribution is 7.98. The van der Waals surface area contributed by atoms with Crippen LogP contribution >= 0.6 is 23.1 Å². The molecule has 9 heteroatoms. The number of ether oxygens (including phenoxy) is 1. The van der Waals surface area contributed by atoms with Crippen LogP contribution in [0.15, 0.2) is 60.0 Å². The minimum atomic E-state index is -4.37. The summed E-state index contributed by atoms with van der Waals surface area (Å²) in [5.74, 6) is 0.143. The van der Waals surface area contributed by atoms with E-state index < -0.39 is 24.3 Å². The summed E-state index contributed by atoms with van der Waals surface area (Å²) < 4.78 is 43.9. The van der Waals surface area contributed by atoms with Gasteiger partial charge in [0, 0.05) is 21.1 Å². The minimum Gasteiger partial charge on any atom is -0.482 e. The molecule has 174 valence electrons. The van der Waals surface area contributed by atoms with Crippen LogP contribution in [0.2, 0.25) is 0 Å². The first-order valence-corrected chi connectivity index (χ1v) is 11.8. The molecular weight excluding hydrogens is 471 g/mol. The van der Waals surface area contributed by atoms with Crippen molar-refractivity contribution < 1.29 is 27.8 Å². The molecule has 0 bridgehead atoms. The maximum Gasteiger partial charge on any atom is 0.416 e. The lowest BCUT2D eigenvalue weighted by molar-refractivity contribution is -0.139. The van der Waals surface area contributed by atoms with Crippen LogP contribution in [0.25, 0.3) is 10.6 Å². The third-order valence-corrected chi connectivity index (χ3v) is 7.04. The first-order valence-electron chi connectivity index (χ1n) is 10.0. The highest BCUT2D eigenvalue weighted by Gasteiger charge is 2.30. The van der Waals surface area contributed by atoms with Gasteiger partial charge in [-0.2, -0.15) is 13.2 Å². The van der Waals surface area contributed by atoms with Gasteiger partial charge in [-0.15, -0.1) is 29.7 Å². The Morgan fingerprint density at radius 3 is 2.58 bits per heavy atom. The molecule has 3 rings (SSSR count). The fraction of sp³-hybridized carbons (Fsp3) is 0.250. The highest BCUT2D eigenvalue weighted by Crippen LogP contribution is 2.36. The molecule has 4 nitrogen and oxygen atoms in total. The first-order chi connectivity index (χ1) is 15.7. The summed E-state index contributed by atoms with van der Waals surface area (Å²) in [7, 11) is 0. The molecular formula is C24H22F3NO3S2. The average molecular weight is 494 g/mol. The smallest absolute Gasteiger partial charge is 0.416 e. The summed E-state index contributed by atoms with van der Waals surface area (Å²) in [5, 5.41) is 9.45. The van der Waals surface area contributed by atoms with Crippen LogP contribution in [0.1, 0.15) is 28.1 Å². The zero-order chi connectivity index (χ0) is 24.0. The van der Waals surface area contributed by atoms with Gasteiger partial charge in [-0.05, 0) is 55.7 Å². The molecule has 0 amide bonds. The molecule has 0 radical (unpaired) electrons. The van der Waals surface area contributed by atoms with Crippen LogP contribution in [0.3, 0.4) is 0 Å². The fourth-order valence-electron chi connectivity index (χ4n) is 3.02. The maximum absolute atomic E-state index is 12.9. The minimum absolute atomic E-state index is 0.395. The molecule has 0 aliphatic carbocycles. The summed E-state index contributed by atoms with van der Waals surface area (Å²) in [5.41, 5.74) is 1.72. The fourth-order valence-corrected chi connectivity index (χ4v) is 5.23. The SMILES string of the molecule is C=CCCc1nc(-c2ccc(C(F)(F)F)cc2)sc1CSc1ccc(OCC(=O)O)c(C)c1. The molecule has 33 heavy (non-hydrogen) atoms. The quantitative estimate of drug-likeness (QED) is 0.243. The van der Waals surface area contributed by atoms with Gasteiger partial charge in [-0.1, -0.05) is 18.2 Å². The van der Waals surface area contributed by atoms with Crippen LogP contribution in [0.4, 0.5) is 13.2 Å². The normalized spacial score (nSPS) is 11.4. The van der Waals surface area contributed by atoms with Crippen molar-refractivity contribution in [2.24, 2.45) is 0 Å². The molecule has 1 aromatic heterocycles. The van der Waals surface area contributed by atoms with Crippen LogP contribution in [0, 0.1) is 6.92 Å². The Bertz CT molecular complexity index is 1120. The largest absolute Gasteiger partial charge is 0.482 e. The number of hydrogen-bond donors (Lipinski definition) is 1. The van der Waals surface area contributed by atoms with E-state index in [1.807, 2.05) is 25.1 Å². The van der Waals surface area contributed by atoms with Gasteiger partial charge in [-0.3, -0.25) is 0 Å². The highest BCUT2D eigenvalue weighted by atomic mass is 32.2. The van der Waals surface area contributed by atoms with E-state index >= 15 is 0 Å². The van der Waals surface area contributed by atoms with Gasteiger partial charge in [0.25, 0.3) is 0 Å². The molecule has 1 heterocycles. The first kappa shape index (κ1) is 24.9. The number of aliphatic carboxylic acids is 1. The topological polar surface area (TPSA) is 59.4 Å². The number of carboxylic acids is 1. The molecule has 0 fully saturated rings. The van der Waals surface area contributed by atoms with E-state index in [1.54, 1.807) is 17.8 Å². The van der Waals surface area contributed by atoms with Crippen LogP contribution < -0.4 is 4.74 Å². The summed E-state index contributed by atoms with van der Waals surface area (Å²) in [6.07, 6.45) is -1.10. The summed E-state index contributed by atoms with van der Waals surface area (Å²) >= 11 is 3.08. The lowest BCUT2D eigenvalue weighted by Crippen LogP contribution is -2.09. The van der Waals surface area contributed by atoms with Gasteiger partial charge in [0.05, 0.1) is 11.3 Å². The monoisotopic (exact) mass is 493 g/mol. The van der Waals surface area contributed by atoms with E-state index in [-0.39, 0.29) is 0 Å². The Hall–Kier alpha value is -2.78. The van der Waals surface area contributed by atoms with Crippen molar-refractivity contribution >= 4 is 29.1 Å². The number of alkyl halides is 3. The van der Waals surface area contributed by atoms with Crippen molar-refractivity contribution in [3.05, 3.63) is 76.8 Å². The molecule has 0 aliphatic rings. The zero-order valence-electron chi connectivity index (χ0n) is 17.8. The van der Waals surface area contributed by atoms with E-state index in [0.717, 1.165) is 39.6 Å². The van der Waals surface area contributed by atoms with Gasteiger partial charge in [0.2, 0.25) is 0 Å². The number of thioether (sulfide) groups is 1. The zero-order valence-corrected chi connectivity index (χ0v) is 19.4. The van der Waals surface area contributed by atoms with Crippen molar-refractivity contribution in [1.82, 2.24) is 4.98 Å². The number of aryl methyl sites for hydroxylation is 2. The second-order valence-electron chi connectivity index (χ2n) is 7.19. The molecule has 0 atom stereocenters. The predicted octanol–water partition coefficient (Wildman–Crippen LogP) is 7.01. The average Bonchev–Trinajstić information content (AvgIpc) is 3.18. The standard InChI is InChI=1S/C24H22F3NO3S2/c1-3-4-5-19-21(14-32-18-10-11-20(15(2)12-18)31-13-22(29)30)33-23(28-19)16-6-8-17(9-7-16)24(25,26)27/h3,6-12H,1,4-5,13-14H2,2H3,(H,29,30). The lowest BCUT2D eigenvalue weighted by atomic mass is 10.1. The van der Waals surface area contributed by atoms with Crippen molar-refractivity contribution in [3.63, 3.8) is 0 Å². The second kappa shape index (κ2) is 10.9. The molecule has 0 unspecified atom stereocenters. The summed E-state index contributed by atoms with van der Waals surface area (Å²) in [6.45, 7) is 5.21. The van der Waals surface area contributed by atoms with Gasteiger partial charge in [-0.25, -0.2) is 9.78 Å². The number of halogens is 3. The van der Waals surface area contributed by atoms with Crippen LogP contribution in [-0.2, 0) is 23.1 Å². The van der Waals surface area contributed by atoms with Crippen molar-refractivity contribution in [2.75, 3.05) is 6.61 Å². The van der Waals surface area contributed by atoms with E-state index in [0.29, 0.717) is 28.5 Å². The van der Waals surface area contributed by atoms with Crippen molar-refractivity contribution in [1.29, 1.82) is 0 Å². The number of carboxylic acid groups (broad SMARTS) is 1. The number of benzene rings is 2. The Morgan fingerprint density at radius 2 is 1.97 bits per heavy atom. The third-order valence-electron chi connectivity index (χ3n) is 4.69. The number of aromatic nitrogens is 1. The number of thiazole rings is 1. The van der Waals surface area contributed by atoms with E-state index in [9.17, 15) is 18.0 Å². The molecule has 0 saturated heterocycles. The number of rotatable bonds is 10. The summed E-state index contributed by atoms with van der Waals surface area (Å²) in [4.78, 5) is 17.4.